The molecule has 0 saturated carbocycles. The first-order valence-corrected chi connectivity index (χ1v) is 7.03. The third-order valence-electron chi connectivity index (χ3n) is 3.09. The molecule has 1 N–H and O–H groups in total. The van der Waals surface area contributed by atoms with Crippen molar-refractivity contribution in [2.75, 3.05) is 6.54 Å². The minimum atomic E-state index is 0.579. The molecule has 3 nitrogen and oxygen atoms in total. The van der Waals surface area contributed by atoms with Crippen LogP contribution in [0, 0.1) is 6.92 Å². The molecule has 102 valence electrons. The Labute approximate surface area is 123 Å². The van der Waals surface area contributed by atoms with Crippen LogP contribution in [0.25, 0.3) is 0 Å². The molecule has 5 heteroatoms. The van der Waals surface area contributed by atoms with Crippen LogP contribution in [0.2, 0.25) is 10.0 Å². The van der Waals surface area contributed by atoms with Gasteiger partial charge in [0.25, 0.3) is 0 Å². The second-order valence-corrected chi connectivity index (χ2v) is 5.26. The van der Waals surface area contributed by atoms with E-state index in [4.69, 9.17) is 23.2 Å². The fourth-order valence-electron chi connectivity index (χ4n) is 1.89. The summed E-state index contributed by atoms with van der Waals surface area (Å²) in [6.07, 6.45) is 1.91. The Morgan fingerprint density at radius 1 is 1.26 bits per heavy atom. The molecule has 0 aliphatic rings. The maximum Gasteiger partial charge on any atom is 0.0663 e. The number of nitrogens with zero attached hydrogens (tertiary/aromatic N) is 2. The summed E-state index contributed by atoms with van der Waals surface area (Å²) < 4.78 is 1.98. The van der Waals surface area contributed by atoms with Crippen LogP contribution in [0.3, 0.4) is 0 Å². The first-order chi connectivity index (χ1) is 9.11. The van der Waals surface area contributed by atoms with Crippen LogP contribution in [0.1, 0.15) is 23.7 Å². The summed E-state index contributed by atoms with van der Waals surface area (Å²) in [4.78, 5) is 0. The van der Waals surface area contributed by atoms with Crippen molar-refractivity contribution >= 4 is 23.2 Å². The first kappa shape index (κ1) is 14.4. The van der Waals surface area contributed by atoms with Crippen LogP contribution in [0.5, 0.6) is 0 Å². The summed E-state index contributed by atoms with van der Waals surface area (Å²) >= 11 is 11.9. The number of aromatic nitrogens is 2. The Kier molecular flexibility index (Phi) is 4.86. The van der Waals surface area contributed by atoms with Gasteiger partial charge in [0.2, 0.25) is 0 Å². The van der Waals surface area contributed by atoms with E-state index in [-0.39, 0.29) is 0 Å². The molecule has 0 aliphatic carbocycles. The van der Waals surface area contributed by atoms with Crippen LogP contribution in [0.4, 0.5) is 0 Å². The highest BCUT2D eigenvalue weighted by Gasteiger charge is 2.07. The molecule has 0 aliphatic heterocycles. The van der Waals surface area contributed by atoms with E-state index in [2.05, 4.69) is 24.3 Å². The molecule has 2 rings (SSSR count). The fourth-order valence-corrected chi connectivity index (χ4v) is 2.21. The Balaban J connectivity index is 2.14. The SMILES string of the molecule is CCNCc1cnn(Cc2ccc(Cl)c(Cl)c2)c1C. The number of hydrogen-bond donors (Lipinski definition) is 1. The summed E-state index contributed by atoms with van der Waals surface area (Å²) in [7, 11) is 0. The van der Waals surface area contributed by atoms with Crippen molar-refractivity contribution in [1.29, 1.82) is 0 Å². The fraction of sp³-hybridized carbons (Fsp3) is 0.357. The average molecular weight is 298 g/mol. The first-order valence-electron chi connectivity index (χ1n) is 6.27. The summed E-state index contributed by atoms with van der Waals surface area (Å²) in [6, 6.07) is 5.67. The highest BCUT2D eigenvalue weighted by molar-refractivity contribution is 6.42. The summed E-state index contributed by atoms with van der Waals surface area (Å²) in [6.45, 7) is 6.68. The topological polar surface area (TPSA) is 29.9 Å². The van der Waals surface area contributed by atoms with Gasteiger partial charge in [-0.25, -0.2) is 0 Å². The Hall–Kier alpha value is -1.03. The van der Waals surface area contributed by atoms with Crippen molar-refractivity contribution in [3.8, 4) is 0 Å². The lowest BCUT2D eigenvalue weighted by molar-refractivity contribution is 0.659. The van der Waals surface area contributed by atoms with E-state index >= 15 is 0 Å². The molecule has 1 heterocycles. The number of hydrogen-bond acceptors (Lipinski definition) is 2. The second kappa shape index (κ2) is 6.42. The summed E-state index contributed by atoms with van der Waals surface area (Å²) in [5, 5.41) is 8.88. The number of rotatable bonds is 5. The molecule has 1 aromatic heterocycles. The molecule has 0 saturated heterocycles. The molecule has 1 aromatic carbocycles. The van der Waals surface area contributed by atoms with Gasteiger partial charge in [0.1, 0.15) is 0 Å². The molecule has 0 amide bonds. The van der Waals surface area contributed by atoms with Crippen molar-refractivity contribution < 1.29 is 0 Å². The molecule has 19 heavy (non-hydrogen) atoms. The third-order valence-corrected chi connectivity index (χ3v) is 3.83. The van der Waals surface area contributed by atoms with E-state index < -0.39 is 0 Å². The van der Waals surface area contributed by atoms with Crippen molar-refractivity contribution in [2.45, 2.75) is 26.9 Å². The quantitative estimate of drug-likeness (QED) is 0.913. The van der Waals surface area contributed by atoms with E-state index in [9.17, 15) is 0 Å². The monoisotopic (exact) mass is 297 g/mol. The van der Waals surface area contributed by atoms with Gasteiger partial charge in [-0.3, -0.25) is 4.68 Å². The van der Waals surface area contributed by atoms with E-state index in [0.29, 0.717) is 16.6 Å². The van der Waals surface area contributed by atoms with Gasteiger partial charge in [-0.05, 0) is 31.2 Å². The molecule has 2 aromatic rings. The highest BCUT2D eigenvalue weighted by atomic mass is 35.5. The van der Waals surface area contributed by atoms with E-state index in [0.717, 1.165) is 18.7 Å². The zero-order valence-electron chi connectivity index (χ0n) is 11.1. The minimum Gasteiger partial charge on any atom is -0.313 e. The predicted molar refractivity (Wildman–Crippen MR) is 79.9 cm³/mol. The zero-order chi connectivity index (χ0) is 13.8. The molecule has 0 atom stereocenters. The van der Waals surface area contributed by atoms with Crippen molar-refractivity contribution in [3.05, 3.63) is 51.3 Å². The predicted octanol–water partition coefficient (Wildman–Crippen LogP) is 3.66. The van der Waals surface area contributed by atoms with Crippen molar-refractivity contribution in [1.82, 2.24) is 15.1 Å². The van der Waals surface area contributed by atoms with Gasteiger partial charge >= 0.3 is 0 Å². The van der Waals surface area contributed by atoms with Gasteiger partial charge in [0.05, 0.1) is 22.8 Å². The highest BCUT2D eigenvalue weighted by Crippen LogP contribution is 2.23. The minimum absolute atomic E-state index is 0.579. The normalized spacial score (nSPS) is 10.9. The van der Waals surface area contributed by atoms with Crippen LogP contribution >= 0.6 is 23.2 Å². The smallest absolute Gasteiger partial charge is 0.0663 e. The maximum atomic E-state index is 6.02. The van der Waals surface area contributed by atoms with Gasteiger partial charge < -0.3 is 5.32 Å². The Bertz CT molecular complexity index is 564. The average Bonchev–Trinajstić information content (AvgIpc) is 2.73. The van der Waals surface area contributed by atoms with E-state index in [1.165, 1.54) is 11.3 Å². The van der Waals surface area contributed by atoms with Crippen LogP contribution in [0.15, 0.2) is 24.4 Å². The van der Waals surface area contributed by atoms with Crippen LogP contribution < -0.4 is 5.32 Å². The summed E-state index contributed by atoms with van der Waals surface area (Å²) in [5.41, 5.74) is 3.49. The maximum absolute atomic E-state index is 6.02. The van der Waals surface area contributed by atoms with E-state index in [1.54, 1.807) is 0 Å². The number of benzene rings is 1. The third kappa shape index (κ3) is 3.50. The zero-order valence-corrected chi connectivity index (χ0v) is 12.6. The molecular formula is C14H17Cl2N3. The Morgan fingerprint density at radius 3 is 2.74 bits per heavy atom. The van der Waals surface area contributed by atoms with Crippen LogP contribution in [-0.2, 0) is 13.1 Å². The second-order valence-electron chi connectivity index (χ2n) is 4.44. The van der Waals surface area contributed by atoms with Crippen molar-refractivity contribution in [2.24, 2.45) is 0 Å². The lowest BCUT2D eigenvalue weighted by atomic mass is 10.2. The molecule has 0 radical (unpaired) electrons. The van der Waals surface area contributed by atoms with Gasteiger partial charge in [0, 0.05) is 17.8 Å². The van der Waals surface area contributed by atoms with Crippen LogP contribution in [-0.4, -0.2) is 16.3 Å². The lowest BCUT2D eigenvalue weighted by Crippen LogP contribution is -2.12. The Morgan fingerprint density at radius 2 is 2.05 bits per heavy atom. The molecule has 0 bridgehead atoms. The number of nitrogens with one attached hydrogen (secondary N) is 1. The van der Waals surface area contributed by atoms with Gasteiger partial charge in [0.15, 0.2) is 0 Å². The van der Waals surface area contributed by atoms with Crippen molar-refractivity contribution in [3.63, 3.8) is 0 Å². The van der Waals surface area contributed by atoms with Gasteiger partial charge in [-0.15, -0.1) is 0 Å². The molecule has 0 spiro atoms. The standard InChI is InChI=1S/C14H17Cl2N3/c1-3-17-7-12-8-18-19(10(12)2)9-11-4-5-13(15)14(16)6-11/h4-6,8,17H,3,7,9H2,1-2H3. The molecule has 0 unspecified atom stereocenters. The largest absolute Gasteiger partial charge is 0.313 e. The van der Waals surface area contributed by atoms with Gasteiger partial charge in [-0.1, -0.05) is 36.2 Å². The molecular weight excluding hydrogens is 281 g/mol. The van der Waals surface area contributed by atoms with E-state index in [1.807, 2.05) is 29.1 Å². The number of halogens is 2. The lowest BCUT2D eigenvalue weighted by Gasteiger charge is -2.07. The summed E-state index contributed by atoms with van der Waals surface area (Å²) in [5.74, 6) is 0. The van der Waals surface area contributed by atoms with Gasteiger partial charge in [-0.2, -0.15) is 5.10 Å². The molecule has 0 fully saturated rings.